The Bertz CT molecular complexity index is 744. The van der Waals surface area contributed by atoms with Gasteiger partial charge in [-0.05, 0) is 67.9 Å². The van der Waals surface area contributed by atoms with Crippen molar-refractivity contribution in [1.29, 1.82) is 0 Å². The van der Waals surface area contributed by atoms with Gasteiger partial charge in [-0.1, -0.05) is 12.1 Å². The number of methoxy groups -OCH3 is 2. The Kier molecular flexibility index (Phi) is 6.58. The number of hydrogen-bond donors (Lipinski definition) is 1. The molecule has 2 aromatic carbocycles. The first-order valence-corrected chi connectivity index (χ1v) is 9.48. The van der Waals surface area contributed by atoms with Gasteiger partial charge in [0, 0.05) is 13.1 Å². The average molecular weight is 370 g/mol. The molecule has 1 heterocycles. The summed E-state index contributed by atoms with van der Waals surface area (Å²) < 4.78 is 16.9. The van der Waals surface area contributed by atoms with Crippen molar-refractivity contribution in [1.82, 2.24) is 10.2 Å². The van der Waals surface area contributed by atoms with E-state index >= 15 is 0 Å². The molecule has 0 fully saturated rings. The number of nitrogens with one attached hydrogen (secondary N) is 1. The van der Waals surface area contributed by atoms with Crippen LogP contribution in [0, 0.1) is 0 Å². The minimum Gasteiger partial charge on any atom is -0.497 e. The summed E-state index contributed by atoms with van der Waals surface area (Å²) in [6.45, 7) is 2.62. The zero-order valence-electron chi connectivity index (χ0n) is 16.7. The molecular formula is C22H30N2O3. The summed E-state index contributed by atoms with van der Waals surface area (Å²) in [5, 5.41) is 3.63. The Morgan fingerprint density at radius 3 is 2.48 bits per heavy atom. The lowest BCUT2D eigenvalue weighted by Crippen LogP contribution is -2.30. The summed E-state index contributed by atoms with van der Waals surface area (Å²) in [6, 6.07) is 12.7. The topological polar surface area (TPSA) is 43.0 Å². The van der Waals surface area contributed by atoms with Crippen LogP contribution in [0.15, 0.2) is 36.4 Å². The summed E-state index contributed by atoms with van der Waals surface area (Å²) in [5.74, 6) is 2.50. The predicted octanol–water partition coefficient (Wildman–Crippen LogP) is 3.27. The monoisotopic (exact) mass is 370 g/mol. The van der Waals surface area contributed by atoms with Gasteiger partial charge < -0.3 is 24.4 Å². The Balaban J connectivity index is 1.85. The molecule has 1 atom stereocenters. The van der Waals surface area contributed by atoms with Crippen molar-refractivity contribution >= 4 is 0 Å². The molecule has 0 amide bonds. The van der Waals surface area contributed by atoms with Crippen molar-refractivity contribution in [3.05, 3.63) is 53.1 Å². The molecule has 1 N–H and O–H groups in total. The Morgan fingerprint density at radius 2 is 1.81 bits per heavy atom. The van der Waals surface area contributed by atoms with Crippen molar-refractivity contribution < 1.29 is 14.2 Å². The third kappa shape index (κ3) is 4.73. The minimum absolute atomic E-state index is 0.148. The first kappa shape index (κ1) is 19.5. The summed E-state index contributed by atoms with van der Waals surface area (Å²) in [6.07, 6.45) is 1.96. The van der Waals surface area contributed by atoms with E-state index in [1.807, 2.05) is 12.1 Å². The van der Waals surface area contributed by atoms with Gasteiger partial charge in [0.1, 0.15) is 5.75 Å². The molecule has 0 saturated heterocycles. The third-order valence-electron chi connectivity index (χ3n) is 4.94. The first-order chi connectivity index (χ1) is 13.1. The van der Waals surface area contributed by atoms with Crippen LogP contribution in [0.1, 0.15) is 29.2 Å². The van der Waals surface area contributed by atoms with Gasteiger partial charge in [0.25, 0.3) is 0 Å². The molecule has 1 aliphatic rings. The molecule has 0 aromatic heterocycles. The van der Waals surface area contributed by atoms with E-state index in [0.29, 0.717) is 6.61 Å². The Morgan fingerprint density at radius 1 is 1.04 bits per heavy atom. The molecule has 3 rings (SSSR count). The van der Waals surface area contributed by atoms with Gasteiger partial charge in [0.05, 0.1) is 26.9 Å². The SMILES string of the molecule is COc1ccc(C2NCCc3cc(OC)c(OCCCN(C)C)cc32)cc1. The lowest BCUT2D eigenvalue weighted by molar-refractivity contribution is 0.267. The van der Waals surface area contributed by atoms with Crippen LogP contribution in [0.3, 0.4) is 0 Å². The molecule has 27 heavy (non-hydrogen) atoms. The van der Waals surface area contributed by atoms with Crippen molar-refractivity contribution in [2.45, 2.75) is 18.9 Å². The van der Waals surface area contributed by atoms with E-state index < -0.39 is 0 Å². The van der Waals surface area contributed by atoms with E-state index in [4.69, 9.17) is 14.2 Å². The highest BCUT2D eigenvalue weighted by Gasteiger charge is 2.24. The van der Waals surface area contributed by atoms with Crippen LogP contribution in [0.5, 0.6) is 17.2 Å². The second kappa shape index (κ2) is 9.11. The van der Waals surface area contributed by atoms with Crippen LogP contribution >= 0.6 is 0 Å². The molecule has 0 spiro atoms. The van der Waals surface area contributed by atoms with E-state index in [0.717, 1.165) is 43.2 Å². The van der Waals surface area contributed by atoms with E-state index in [-0.39, 0.29) is 6.04 Å². The molecule has 0 radical (unpaired) electrons. The lowest BCUT2D eigenvalue weighted by Gasteiger charge is -2.29. The number of hydrogen-bond acceptors (Lipinski definition) is 5. The summed E-state index contributed by atoms with van der Waals surface area (Å²) in [5.41, 5.74) is 3.79. The fourth-order valence-electron chi connectivity index (χ4n) is 3.49. The quantitative estimate of drug-likeness (QED) is 0.723. The maximum absolute atomic E-state index is 6.07. The molecular weight excluding hydrogens is 340 g/mol. The highest BCUT2D eigenvalue weighted by Crippen LogP contribution is 2.37. The molecule has 0 bridgehead atoms. The summed E-state index contributed by atoms with van der Waals surface area (Å²) >= 11 is 0. The van der Waals surface area contributed by atoms with E-state index in [1.165, 1.54) is 16.7 Å². The fourth-order valence-corrected chi connectivity index (χ4v) is 3.49. The van der Waals surface area contributed by atoms with Crippen LogP contribution in [0.4, 0.5) is 0 Å². The number of fused-ring (bicyclic) bond motifs is 1. The van der Waals surface area contributed by atoms with Gasteiger partial charge in [-0.3, -0.25) is 0 Å². The molecule has 0 aliphatic carbocycles. The van der Waals surface area contributed by atoms with E-state index in [9.17, 15) is 0 Å². The van der Waals surface area contributed by atoms with E-state index in [2.05, 4.69) is 48.6 Å². The van der Waals surface area contributed by atoms with Crippen molar-refractivity contribution in [2.75, 3.05) is 48.0 Å². The third-order valence-corrected chi connectivity index (χ3v) is 4.94. The second-order valence-corrected chi connectivity index (χ2v) is 7.12. The molecule has 5 heteroatoms. The number of rotatable bonds is 8. The van der Waals surface area contributed by atoms with Crippen LogP contribution < -0.4 is 19.5 Å². The lowest BCUT2D eigenvalue weighted by atomic mass is 9.89. The average Bonchev–Trinajstić information content (AvgIpc) is 2.70. The summed E-state index contributed by atoms with van der Waals surface area (Å²) in [7, 11) is 7.54. The molecule has 146 valence electrons. The molecule has 5 nitrogen and oxygen atoms in total. The normalized spacial score (nSPS) is 16.1. The van der Waals surface area contributed by atoms with Crippen LogP contribution in [0.2, 0.25) is 0 Å². The smallest absolute Gasteiger partial charge is 0.161 e. The zero-order chi connectivity index (χ0) is 19.2. The number of benzene rings is 2. The van der Waals surface area contributed by atoms with Gasteiger partial charge in [-0.25, -0.2) is 0 Å². The Hall–Kier alpha value is -2.24. The summed E-state index contributed by atoms with van der Waals surface area (Å²) in [4.78, 5) is 2.16. The van der Waals surface area contributed by atoms with Crippen molar-refractivity contribution in [3.63, 3.8) is 0 Å². The minimum atomic E-state index is 0.148. The van der Waals surface area contributed by atoms with Crippen LogP contribution in [-0.4, -0.2) is 52.9 Å². The van der Waals surface area contributed by atoms with Crippen molar-refractivity contribution in [3.8, 4) is 17.2 Å². The zero-order valence-corrected chi connectivity index (χ0v) is 16.7. The number of ether oxygens (including phenoxy) is 3. The van der Waals surface area contributed by atoms with Crippen LogP contribution in [0.25, 0.3) is 0 Å². The molecule has 0 saturated carbocycles. The van der Waals surface area contributed by atoms with Gasteiger partial charge in [-0.2, -0.15) is 0 Å². The van der Waals surface area contributed by atoms with Gasteiger partial charge in [0.15, 0.2) is 11.5 Å². The first-order valence-electron chi connectivity index (χ1n) is 9.48. The maximum atomic E-state index is 6.07. The highest BCUT2D eigenvalue weighted by molar-refractivity contribution is 5.51. The standard InChI is InChI=1S/C22H30N2O3/c1-24(2)12-5-13-27-21-15-19-17(14-20(21)26-4)10-11-23-22(19)16-6-8-18(25-3)9-7-16/h6-9,14-15,22-23H,5,10-13H2,1-4H3. The highest BCUT2D eigenvalue weighted by atomic mass is 16.5. The largest absolute Gasteiger partial charge is 0.497 e. The predicted molar refractivity (Wildman–Crippen MR) is 108 cm³/mol. The number of nitrogens with zero attached hydrogens (tertiary/aromatic N) is 1. The van der Waals surface area contributed by atoms with E-state index in [1.54, 1.807) is 14.2 Å². The molecule has 1 aliphatic heterocycles. The Labute approximate surface area is 162 Å². The van der Waals surface area contributed by atoms with Gasteiger partial charge in [-0.15, -0.1) is 0 Å². The maximum Gasteiger partial charge on any atom is 0.161 e. The van der Waals surface area contributed by atoms with Gasteiger partial charge >= 0.3 is 0 Å². The van der Waals surface area contributed by atoms with Crippen LogP contribution in [-0.2, 0) is 6.42 Å². The molecule has 2 aromatic rings. The van der Waals surface area contributed by atoms with Gasteiger partial charge in [0.2, 0.25) is 0 Å². The fraction of sp³-hybridized carbons (Fsp3) is 0.455. The second-order valence-electron chi connectivity index (χ2n) is 7.12. The molecule has 1 unspecified atom stereocenters. The van der Waals surface area contributed by atoms with Crippen molar-refractivity contribution in [2.24, 2.45) is 0 Å².